The van der Waals surface area contributed by atoms with Gasteiger partial charge in [0.25, 0.3) is 5.91 Å². The molecule has 3 heterocycles. The van der Waals surface area contributed by atoms with Crippen LogP contribution in [0.1, 0.15) is 35.7 Å². The first kappa shape index (κ1) is 15.5. The van der Waals surface area contributed by atoms with Crippen LogP contribution in [0.25, 0.3) is 10.6 Å². The van der Waals surface area contributed by atoms with E-state index in [-0.39, 0.29) is 11.9 Å². The van der Waals surface area contributed by atoms with Crippen molar-refractivity contribution in [3.05, 3.63) is 53.8 Å². The minimum Gasteiger partial charge on any atom is -0.472 e. The summed E-state index contributed by atoms with van der Waals surface area (Å²) in [6, 6.07) is 5.00. The smallest absolute Gasteiger partial charge is 0.270 e. The van der Waals surface area contributed by atoms with E-state index in [1.54, 1.807) is 36.1 Å². The molecule has 2 N–H and O–H groups in total. The number of rotatable bonds is 6. The number of hydrogen-bond acceptors (Lipinski definition) is 6. The highest BCUT2D eigenvalue weighted by molar-refractivity contribution is 7.13. The molecule has 2 atom stereocenters. The molecular weight excluding hydrogens is 316 g/mol. The first-order valence-corrected chi connectivity index (χ1v) is 8.02. The Hall–Kier alpha value is -2.38. The topological polar surface area (TPSA) is 88.5 Å². The van der Waals surface area contributed by atoms with E-state index in [4.69, 9.17) is 8.83 Å². The number of aliphatic hydroxyl groups is 1. The normalized spacial score (nSPS) is 13.7. The van der Waals surface area contributed by atoms with E-state index in [0.717, 1.165) is 10.6 Å². The fraction of sp³-hybridized carbons (Fsp3) is 0.250. The summed E-state index contributed by atoms with van der Waals surface area (Å²) in [5.74, 6) is 0.220. The van der Waals surface area contributed by atoms with Crippen molar-refractivity contribution in [2.24, 2.45) is 0 Å². The first-order valence-electron chi connectivity index (χ1n) is 7.14. The van der Waals surface area contributed by atoms with E-state index in [1.807, 2.05) is 6.92 Å². The molecule has 3 rings (SSSR count). The lowest BCUT2D eigenvalue weighted by Crippen LogP contribution is -2.33. The molecule has 3 aromatic rings. The van der Waals surface area contributed by atoms with Crippen molar-refractivity contribution in [1.29, 1.82) is 0 Å². The number of aliphatic hydroxyl groups excluding tert-OH is 1. The molecule has 0 aliphatic carbocycles. The van der Waals surface area contributed by atoms with Gasteiger partial charge in [-0.05, 0) is 25.1 Å². The maximum absolute atomic E-state index is 12.2. The van der Waals surface area contributed by atoms with Crippen LogP contribution in [0.3, 0.4) is 0 Å². The molecule has 0 spiro atoms. The molecule has 6 nitrogen and oxygen atoms in total. The minimum absolute atomic E-state index is 0.221. The number of nitrogens with zero attached hydrogens (tertiary/aromatic N) is 1. The van der Waals surface area contributed by atoms with Crippen LogP contribution in [0, 0.1) is 0 Å². The third kappa shape index (κ3) is 3.69. The van der Waals surface area contributed by atoms with Gasteiger partial charge in [-0.3, -0.25) is 4.79 Å². The SMILES string of the molecule is CC(CC(O)c1ccco1)NC(=O)c1csc(-c2ccoc2)n1. The maximum Gasteiger partial charge on any atom is 0.270 e. The van der Waals surface area contributed by atoms with Gasteiger partial charge in [-0.25, -0.2) is 4.98 Å². The number of carbonyl (C=O) groups excluding carboxylic acids is 1. The fourth-order valence-corrected chi connectivity index (χ4v) is 2.97. The molecule has 0 saturated carbocycles. The number of thiazole rings is 1. The molecular formula is C16H16N2O4S. The molecule has 0 aliphatic heterocycles. The highest BCUT2D eigenvalue weighted by Crippen LogP contribution is 2.24. The zero-order chi connectivity index (χ0) is 16.2. The second-order valence-corrected chi connectivity index (χ2v) is 6.05. The molecule has 0 aromatic carbocycles. The molecule has 0 bridgehead atoms. The molecule has 120 valence electrons. The lowest BCUT2D eigenvalue weighted by Gasteiger charge is -2.16. The minimum atomic E-state index is -0.753. The van der Waals surface area contributed by atoms with Crippen LogP contribution in [-0.2, 0) is 0 Å². The van der Waals surface area contributed by atoms with Crippen molar-refractivity contribution in [2.45, 2.75) is 25.5 Å². The molecule has 1 amide bonds. The molecule has 0 radical (unpaired) electrons. The van der Waals surface area contributed by atoms with Crippen molar-refractivity contribution in [1.82, 2.24) is 10.3 Å². The third-order valence-corrected chi connectivity index (χ3v) is 4.22. The molecule has 0 saturated heterocycles. The van der Waals surface area contributed by atoms with E-state index in [2.05, 4.69) is 10.3 Å². The Kier molecular flexibility index (Phi) is 4.59. The molecule has 3 aromatic heterocycles. The van der Waals surface area contributed by atoms with Gasteiger partial charge in [-0.2, -0.15) is 0 Å². The predicted octanol–water partition coefficient (Wildman–Crippen LogP) is 3.24. The Bertz CT molecular complexity index is 749. The zero-order valence-corrected chi connectivity index (χ0v) is 13.2. The van der Waals surface area contributed by atoms with Crippen molar-refractivity contribution in [3.63, 3.8) is 0 Å². The molecule has 23 heavy (non-hydrogen) atoms. The number of carbonyl (C=O) groups is 1. The van der Waals surface area contributed by atoms with Gasteiger partial charge in [0, 0.05) is 23.4 Å². The number of nitrogens with one attached hydrogen (secondary N) is 1. The summed E-state index contributed by atoms with van der Waals surface area (Å²) >= 11 is 1.38. The Labute approximate surface area is 136 Å². The molecule has 2 unspecified atom stereocenters. The fourth-order valence-electron chi connectivity index (χ4n) is 2.19. The van der Waals surface area contributed by atoms with E-state index in [9.17, 15) is 9.90 Å². The number of hydrogen-bond donors (Lipinski definition) is 2. The van der Waals surface area contributed by atoms with E-state index >= 15 is 0 Å². The monoisotopic (exact) mass is 332 g/mol. The van der Waals surface area contributed by atoms with Gasteiger partial charge in [0.2, 0.25) is 0 Å². The Morgan fingerprint density at radius 1 is 1.43 bits per heavy atom. The first-order chi connectivity index (χ1) is 11.1. The number of amides is 1. The van der Waals surface area contributed by atoms with Crippen LogP contribution in [0.5, 0.6) is 0 Å². The summed E-state index contributed by atoms with van der Waals surface area (Å²) in [6.45, 7) is 1.83. The standard InChI is InChI=1S/C16H16N2O4S/c1-10(7-13(19)14-3-2-5-22-14)17-15(20)12-9-23-16(18-12)11-4-6-21-8-11/h2-6,8-10,13,19H,7H2,1H3,(H,17,20). The Balaban J connectivity index is 1.58. The molecule has 0 aliphatic rings. The van der Waals surface area contributed by atoms with Gasteiger partial charge in [0.15, 0.2) is 0 Å². The zero-order valence-electron chi connectivity index (χ0n) is 12.4. The van der Waals surface area contributed by atoms with Gasteiger partial charge in [0.05, 0.1) is 12.5 Å². The van der Waals surface area contributed by atoms with Crippen molar-refractivity contribution < 1.29 is 18.7 Å². The summed E-state index contributed by atoms with van der Waals surface area (Å²) in [5, 5.41) is 15.3. The third-order valence-electron chi connectivity index (χ3n) is 3.33. The van der Waals surface area contributed by atoms with Crippen LogP contribution < -0.4 is 5.32 Å². The highest BCUT2D eigenvalue weighted by atomic mass is 32.1. The molecule has 7 heteroatoms. The van der Waals surface area contributed by atoms with Crippen molar-refractivity contribution in [2.75, 3.05) is 0 Å². The van der Waals surface area contributed by atoms with Gasteiger partial charge in [-0.1, -0.05) is 0 Å². The Morgan fingerprint density at radius 3 is 3.00 bits per heavy atom. The van der Waals surface area contributed by atoms with Crippen LogP contribution in [0.15, 0.2) is 51.2 Å². The van der Waals surface area contributed by atoms with E-state index in [0.29, 0.717) is 17.9 Å². The summed E-state index contributed by atoms with van der Waals surface area (Å²) in [7, 11) is 0. The number of aromatic nitrogens is 1. The predicted molar refractivity (Wildman–Crippen MR) is 85.0 cm³/mol. The summed E-state index contributed by atoms with van der Waals surface area (Å²) < 4.78 is 10.2. The summed E-state index contributed by atoms with van der Waals surface area (Å²) in [4.78, 5) is 16.5. The second kappa shape index (κ2) is 6.80. The van der Waals surface area contributed by atoms with Crippen LogP contribution in [0.2, 0.25) is 0 Å². The van der Waals surface area contributed by atoms with Crippen LogP contribution in [0.4, 0.5) is 0 Å². The lowest BCUT2D eigenvalue weighted by atomic mass is 10.1. The average molecular weight is 332 g/mol. The van der Waals surface area contributed by atoms with E-state index in [1.165, 1.54) is 17.6 Å². The van der Waals surface area contributed by atoms with Crippen LogP contribution >= 0.6 is 11.3 Å². The Morgan fingerprint density at radius 2 is 2.30 bits per heavy atom. The lowest BCUT2D eigenvalue weighted by molar-refractivity contribution is 0.0899. The summed E-state index contributed by atoms with van der Waals surface area (Å²) in [6.07, 6.45) is 4.27. The molecule has 0 fully saturated rings. The van der Waals surface area contributed by atoms with Gasteiger partial charge in [0.1, 0.15) is 28.8 Å². The van der Waals surface area contributed by atoms with Crippen molar-refractivity contribution >= 4 is 17.2 Å². The summed E-state index contributed by atoms with van der Waals surface area (Å²) in [5.41, 5.74) is 1.20. The van der Waals surface area contributed by atoms with Crippen molar-refractivity contribution in [3.8, 4) is 10.6 Å². The highest BCUT2D eigenvalue weighted by Gasteiger charge is 2.18. The van der Waals surface area contributed by atoms with E-state index < -0.39 is 6.10 Å². The quantitative estimate of drug-likeness (QED) is 0.723. The van der Waals surface area contributed by atoms with Crippen LogP contribution in [-0.4, -0.2) is 22.0 Å². The maximum atomic E-state index is 12.2. The second-order valence-electron chi connectivity index (χ2n) is 5.19. The largest absolute Gasteiger partial charge is 0.472 e. The number of furan rings is 2. The average Bonchev–Trinajstić information content (AvgIpc) is 3.27. The van der Waals surface area contributed by atoms with Gasteiger partial charge >= 0.3 is 0 Å². The van der Waals surface area contributed by atoms with Gasteiger partial charge in [-0.15, -0.1) is 11.3 Å². The van der Waals surface area contributed by atoms with Gasteiger partial charge < -0.3 is 19.3 Å².